The van der Waals surface area contributed by atoms with Crippen LogP contribution in [0.3, 0.4) is 0 Å². The number of aromatic hydroxyl groups is 1. The highest BCUT2D eigenvalue weighted by Crippen LogP contribution is 2.46. The summed E-state index contributed by atoms with van der Waals surface area (Å²) in [6.07, 6.45) is 0. The Kier molecular flexibility index (Phi) is 5.96. The van der Waals surface area contributed by atoms with Crippen LogP contribution in [0.25, 0.3) is 0 Å². The van der Waals surface area contributed by atoms with Crippen LogP contribution in [0.5, 0.6) is 17.2 Å². The van der Waals surface area contributed by atoms with Gasteiger partial charge < -0.3 is 24.4 Å². The van der Waals surface area contributed by atoms with E-state index >= 15 is 0 Å². The second kappa shape index (κ2) is 8.67. The Labute approximate surface area is 183 Å². The van der Waals surface area contributed by atoms with Crippen LogP contribution in [-0.2, 0) is 6.54 Å². The number of benzene rings is 2. The Hall–Kier alpha value is -2.93. The van der Waals surface area contributed by atoms with Gasteiger partial charge in [-0.2, -0.15) is 0 Å². The lowest BCUT2D eigenvalue weighted by atomic mass is 9.89. The van der Waals surface area contributed by atoms with Gasteiger partial charge in [0.2, 0.25) is 0 Å². The highest BCUT2D eigenvalue weighted by molar-refractivity contribution is 5.75. The van der Waals surface area contributed by atoms with Crippen LogP contribution in [-0.4, -0.2) is 73.8 Å². The zero-order valence-electron chi connectivity index (χ0n) is 18.6. The molecule has 4 rings (SSSR count). The summed E-state index contributed by atoms with van der Waals surface area (Å²) in [6, 6.07) is 13.4. The van der Waals surface area contributed by atoms with E-state index in [0.717, 1.165) is 42.3 Å². The van der Waals surface area contributed by atoms with Crippen LogP contribution in [0.4, 0.5) is 4.79 Å². The van der Waals surface area contributed by atoms with Crippen molar-refractivity contribution in [2.75, 3.05) is 47.9 Å². The lowest BCUT2D eigenvalue weighted by Crippen LogP contribution is -2.41. The molecule has 166 valence electrons. The molecule has 7 heteroatoms. The number of urea groups is 1. The Bertz CT molecular complexity index is 931. The molecule has 2 saturated heterocycles. The molecule has 0 spiro atoms. The first-order chi connectivity index (χ1) is 14.9. The first-order valence-corrected chi connectivity index (χ1v) is 10.6. The third-order valence-electron chi connectivity index (χ3n) is 6.48. The molecular formula is C24H31N3O4. The molecule has 2 amide bonds. The molecule has 2 fully saturated rings. The van der Waals surface area contributed by atoms with Gasteiger partial charge in [0.25, 0.3) is 0 Å². The summed E-state index contributed by atoms with van der Waals surface area (Å²) in [7, 11) is 6.93. The number of phenols is 1. The van der Waals surface area contributed by atoms with Crippen molar-refractivity contribution in [3.63, 3.8) is 0 Å². The molecule has 0 aliphatic carbocycles. The summed E-state index contributed by atoms with van der Waals surface area (Å²) < 4.78 is 10.8. The SMILES string of the molecule is COc1ccc([C@H]2[C@@H]3CN(Cc4cc(O)ccc4OC)C[C@@H]3CN2C(=O)N(C)C)cc1. The predicted molar refractivity (Wildman–Crippen MR) is 118 cm³/mol. The van der Waals surface area contributed by atoms with Crippen molar-refractivity contribution in [1.82, 2.24) is 14.7 Å². The van der Waals surface area contributed by atoms with Gasteiger partial charge in [0, 0.05) is 51.8 Å². The molecule has 7 nitrogen and oxygen atoms in total. The standard InChI is InChI=1S/C24H31N3O4/c1-25(2)24(29)27-14-18-13-26(12-17-11-19(28)7-10-22(17)31-4)15-21(18)23(27)16-5-8-20(30-3)9-6-16/h5-11,18,21,23,28H,12-15H2,1-4H3/t18-,21-,23+/m1/s1. The zero-order valence-corrected chi connectivity index (χ0v) is 18.6. The summed E-state index contributed by atoms with van der Waals surface area (Å²) in [5.41, 5.74) is 2.12. The van der Waals surface area contributed by atoms with E-state index in [1.807, 2.05) is 31.1 Å². The van der Waals surface area contributed by atoms with E-state index in [2.05, 4.69) is 17.0 Å². The topological polar surface area (TPSA) is 65.5 Å². The molecule has 2 aliphatic heterocycles. The second-order valence-corrected chi connectivity index (χ2v) is 8.66. The van der Waals surface area contributed by atoms with Crippen LogP contribution in [0, 0.1) is 11.8 Å². The van der Waals surface area contributed by atoms with Crippen LogP contribution < -0.4 is 9.47 Å². The number of fused-ring (bicyclic) bond motifs is 1. The lowest BCUT2D eigenvalue weighted by Gasteiger charge is -2.32. The highest BCUT2D eigenvalue weighted by atomic mass is 16.5. The number of amides is 2. The van der Waals surface area contributed by atoms with Gasteiger partial charge in [-0.05, 0) is 41.8 Å². The maximum atomic E-state index is 12.9. The van der Waals surface area contributed by atoms with Crippen LogP contribution in [0.2, 0.25) is 0 Å². The minimum Gasteiger partial charge on any atom is -0.508 e. The normalized spacial score (nSPS) is 23.0. The van der Waals surface area contributed by atoms with E-state index in [1.165, 1.54) is 0 Å². The third-order valence-corrected chi connectivity index (χ3v) is 6.48. The molecule has 3 atom stereocenters. The van der Waals surface area contributed by atoms with Crippen molar-refractivity contribution in [1.29, 1.82) is 0 Å². The Morgan fingerprint density at radius 3 is 2.45 bits per heavy atom. The van der Waals surface area contributed by atoms with Crippen LogP contribution in [0.15, 0.2) is 42.5 Å². The Morgan fingerprint density at radius 2 is 1.81 bits per heavy atom. The summed E-state index contributed by atoms with van der Waals surface area (Å²) in [5, 5.41) is 9.92. The number of ether oxygens (including phenoxy) is 2. The fourth-order valence-electron chi connectivity index (χ4n) is 5.08. The molecule has 0 radical (unpaired) electrons. The summed E-state index contributed by atoms with van der Waals surface area (Å²) >= 11 is 0. The number of nitrogens with zero attached hydrogens (tertiary/aromatic N) is 3. The van der Waals surface area contributed by atoms with Crippen molar-refractivity contribution < 1.29 is 19.4 Å². The van der Waals surface area contributed by atoms with E-state index < -0.39 is 0 Å². The fourth-order valence-corrected chi connectivity index (χ4v) is 5.08. The monoisotopic (exact) mass is 425 g/mol. The van der Waals surface area contributed by atoms with Gasteiger partial charge in [-0.1, -0.05) is 12.1 Å². The second-order valence-electron chi connectivity index (χ2n) is 8.66. The van der Waals surface area contributed by atoms with Gasteiger partial charge in [0.05, 0.1) is 20.3 Å². The van der Waals surface area contributed by atoms with Crippen LogP contribution in [0.1, 0.15) is 17.2 Å². The van der Waals surface area contributed by atoms with E-state index in [-0.39, 0.29) is 17.8 Å². The summed E-state index contributed by atoms with van der Waals surface area (Å²) in [5.74, 6) is 2.59. The zero-order chi connectivity index (χ0) is 22.1. The molecule has 2 aliphatic rings. The van der Waals surface area contributed by atoms with Crippen molar-refractivity contribution in [3.8, 4) is 17.2 Å². The number of hydrogen-bond donors (Lipinski definition) is 1. The molecule has 0 saturated carbocycles. The molecule has 1 N–H and O–H groups in total. The maximum absolute atomic E-state index is 12.9. The first kappa shape index (κ1) is 21.3. The van der Waals surface area contributed by atoms with Gasteiger partial charge in [0.15, 0.2) is 0 Å². The van der Waals surface area contributed by atoms with Crippen molar-refractivity contribution in [2.24, 2.45) is 11.8 Å². The smallest absolute Gasteiger partial charge is 0.320 e. The number of hydrogen-bond acceptors (Lipinski definition) is 5. The average molecular weight is 426 g/mol. The van der Waals surface area contributed by atoms with Crippen LogP contribution >= 0.6 is 0 Å². The van der Waals surface area contributed by atoms with E-state index in [9.17, 15) is 9.90 Å². The first-order valence-electron chi connectivity index (χ1n) is 10.6. The number of rotatable bonds is 5. The number of likely N-dealkylation sites (tertiary alicyclic amines) is 2. The van der Waals surface area contributed by atoms with Gasteiger partial charge in [-0.25, -0.2) is 4.79 Å². The van der Waals surface area contributed by atoms with Gasteiger partial charge in [0.1, 0.15) is 17.2 Å². The Balaban J connectivity index is 1.57. The van der Waals surface area contributed by atoms with Gasteiger partial charge in [-0.3, -0.25) is 4.90 Å². The number of carbonyl (C=O) groups is 1. The van der Waals surface area contributed by atoms with E-state index in [4.69, 9.17) is 9.47 Å². The Morgan fingerprint density at radius 1 is 1.06 bits per heavy atom. The van der Waals surface area contributed by atoms with Gasteiger partial charge >= 0.3 is 6.03 Å². The maximum Gasteiger partial charge on any atom is 0.320 e. The minimum absolute atomic E-state index is 0.0295. The molecule has 31 heavy (non-hydrogen) atoms. The van der Waals surface area contributed by atoms with Gasteiger partial charge in [-0.15, -0.1) is 0 Å². The van der Waals surface area contributed by atoms with E-state index in [1.54, 1.807) is 37.3 Å². The predicted octanol–water partition coefficient (Wildman–Crippen LogP) is 3.20. The van der Waals surface area contributed by atoms with Crippen molar-refractivity contribution in [3.05, 3.63) is 53.6 Å². The number of methoxy groups -OCH3 is 2. The largest absolute Gasteiger partial charge is 0.508 e. The van der Waals surface area contributed by atoms with Crippen molar-refractivity contribution in [2.45, 2.75) is 12.6 Å². The molecule has 0 unspecified atom stereocenters. The lowest BCUT2D eigenvalue weighted by molar-refractivity contribution is 0.151. The number of carbonyl (C=O) groups excluding carboxylic acids is 1. The highest BCUT2D eigenvalue weighted by Gasteiger charge is 2.49. The molecular weight excluding hydrogens is 394 g/mol. The molecule has 2 heterocycles. The number of phenolic OH excluding ortho intramolecular Hbond substituents is 1. The van der Waals surface area contributed by atoms with Crippen molar-refractivity contribution >= 4 is 6.03 Å². The molecule has 0 bridgehead atoms. The minimum atomic E-state index is 0.0295. The quantitative estimate of drug-likeness (QED) is 0.797. The molecule has 0 aromatic heterocycles. The molecule has 2 aromatic carbocycles. The average Bonchev–Trinajstić information content (AvgIpc) is 3.30. The third kappa shape index (κ3) is 4.14. The summed E-state index contributed by atoms with van der Waals surface area (Å²) in [4.78, 5) is 19.0. The van der Waals surface area contributed by atoms with E-state index in [0.29, 0.717) is 18.4 Å². The molecule has 2 aromatic rings. The fraction of sp³-hybridized carbons (Fsp3) is 0.458. The summed E-state index contributed by atoms with van der Waals surface area (Å²) in [6.45, 7) is 3.25.